The topological polar surface area (TPSA) is 58.5 Å². The van der Waals surface area contributed by atoms with Crippen LogP contribution < -0.4 is 0 Å². The van der Waals surface area contributed by atoms with Gasteiger partial charge in [-0.05, 0) is 28.9 Å². The highest BCUT2D eigenvalue weighted by molar-refractivity contribution is 7.78. The average Bonchev–Trinajstić information content (AvgIpc) is 2.93. The Morgan fingerprint density at radius 1 is 0.750 bits per heavy atom. The van der Waals surface area contributed by atoms with Crippen LogP contribution in [0.25, 0.3) is 0 Å². The second-order valence-corrected chi connectivity index (χ2v) is 8.70. The number of hydrogen-bond donors (Lipinski definition) is 0. The van der Waals surface area contributed by atoms with Crippen molar-refractivity contribution < 1.29 is 23.7 Å². The number of ether oxygens (including phenoxy) is 5. The van der Waals surface area contributed by atoms with Crippen molar-refractivity contribution in [3.63, 3.8) is 0 Å². The number of benzene rings is 3. The van der Waals surface area contributed by atoms with E-state index in [9.17, 15) is 0 Å². The summed E-state index contributed by atoms with van der Waals surface area (Å²) in [5.74, 6) is 0. The zero-order valence-corrected chi connectivity index (χ0v) is 21.1. The van der Waals surface area contributed by atoms with E-state index in [1.165, 1.54) is 0 Å². The molecule has 188 valence electrons. The third-order valence-electron chi connectivity index (χ3n) is 6.02. The molecule has 0 amide bonds. The van der Waals surface area contributed by atoms with Crippen molar-refractivity contribution in [3.05, 3.63) is 108 Å². The van der Waals surface area contributed by atoms with Gasteiger partial charge in [-0.3, -0.25) is 0 Å². The highest BCUT2D eigenvalue weighted by Gasteiger charge is 2.48. The quantitative estimate of drug-likeness (QED) is 0.249. The number of nitrogens with zero attached hydrogens (tertiary/aromatic N) is 1. The average molecular weight is 506 g/mol. The Hall–Kier alpha value is -2.74. The number of methoxy groups -OCH3 is 1. The molecule has 6 nitrogen and oxygen atoms in total. The summed E-state index contributed by atoms with van der Waals surface area (Å²) in [6.07, 6.45) is -2.15. The fourth-order valence-electron chi connectivity index (χ4n) is 4.20. The lowest BCUT2D eigenvalue weighted by molar-refractivity contribution is -0.291. The van der Waals surface area contributed by atoms with Crippen molar-refractivity contribution >= 4 is 17.4 Å². The van der Waals surface area contributed by atoms with Gasteiger partial charge in [0.2, 0.25) is 0 Å². The van der Waals surface area contributed by atoms with Gasteiger partial charge in [0.1, 0.15) is 24.4 Å². The Morgan fingerprint density at radius 3 is 1.75 bits per heavy atom. The highest BCUT2D eigenvalue weighted by Crippen LogP contribution is 2.30. The van der Waals surface area contributed by atoms with Gasteiger partial charge in [-0.2, -0.15) is 0 Å². The smallest absolute Gasteiger partial charge is 0.186 e. The fraction of sp³-hybridized carbons (Fsp3) is 0.345. The largest absolute Gasteiger partial charge is 0.374 e. The summed E-state index contributed by atoms with van der Waals surface area (Å²) in [5, 5.41) is 2.53. The molecule has 1 aliphatic heterocycles. The lowest BCUT2D eigenvalue weighted by atomic mass is 9.96. The van der Waals surface area contributed by atoms with Crippen LogP contribution in [0, 0.1) is 0 Å². The van der Waals surface area contributed by atoms with Gasteiger partial charge >= 0.3 is 0 Å². The van der Waals surface area contributed by atoms with Crippen LogP contribution in [-0.2, 0) is 43.5 Å². The standard InChI is InChI=1S/C29H31NO5S/c1-31-29-28(34-19-24-15-9-4-10-16-24)27(33-18-23-13-7-3-8-14-23)26(30-21-36)25(35-29)20-32-17-22-11-5-2-6-12-22/h2-16,25-29H,17-20H2,1H3/t25-,26-,27+,28-,29+/m1/s1. The van der Waals surface area contributed by atoms with E-state index >= 15 is 0 Å². The maximum absolute atomic E-state index is 6.44. The predicted octanol–water partition coefficient (Wildman–Crippen LogP) is 5.22. The van der Waals surface area contributed by atoms with Gasteiger partial charge in [0.05, 0.1) is 31.6 Å². The van der Waals surface area contributed by atoms with Crippen molar-refractivity contribution in [1.29, 1.82) is 0 Å². The Balaban J connectivity index is 1.52. The second-order valence-electron chi connectivity index (χ2n) is 8.51. The van der Waals surface area contributed by atoms with Crippen LogP contribution in [0.5, 0.6) is 0 Å². The minimum absolute atomic E-state index is 0.288. The highest BCUT2D eigenvalue weighted by atomic mass is 32.1. The van der Waals surface area contributed by atoms with Crippen molar-refractivity contribution in [3.8, 4) is 0 Å². The fourth-order valence-corrected chi connectivity index (χ4v) is 4.33. The molecule has 0 N–H and O–H groups in total. The second kappa shape index (κ2) is 14.1. The zero-order valence-electron chi connectivity index (χ0n) is 20.3. The molecule has 0 aliphatic carbocycles. The molecule has 4 rings (SSSR count). The Morgan fingerprint density at radius 2 is 1.25 bits per heavy atom. The molecular formula is C29H31NO5S. The molecule has 5 atom stereocenters. The Kier molecular flexibility index (Phi) is 10.3. The van der Waals surface area contributed by atoms with Gasteiger partial charge in [0.15, 0.2) is 6.29 Å². The summed E-state index contributed by atoms with van der Waals surface area (Å²) >= 11 is 5.00. The molecule has 7 heteroatoms. The summed E-state index contributed by atoms with van der Waals surface area (Å²) < 4.78 is 30.8. The molecule has 36 heavy (non-hydrogen) atoms. The van der Waals surface area contributed by atoms with Gasteiger partial charge in [0.25, 0.3) is 0 Å². The van der Waals surface area contributed by atoms with E-state index in [1.807, 2.05) is 91.0 Å². The van der Waals surface area contributed by atoms with Crippen LogP contribution in [0.3, 0.4) is 0 Å². The first-order valence-electron chi connectivity index (χ1n) is 12.0. The molecule has 1 saturated heterocycles. The van der Waals surface area contributed by atoms with Crippen LogP contribution in [0.15, 0.2) is 96.0 Å². The van der Waals surface area contributed by atoms with Gasteiger partial charge in [-0.15, -0.1) is 0 Å². The lowest BCUT2D eigenvalue weighted by Crippen LogP contribution is -2.60. The van der Waals surface area contributed by atoms with Crippen LogP contribution in [-0.4, -0.2) is 49.5 Å². The molecule has 1 fully saturated rings. The molecule has 0 unspecified atom stereocenters. The molecule has 1 heterocycles. The number of rotatable bonds is 12. The molecule has 0 bridgehead atoms. The SMILES string of the molecule is CO[C@H]1O[C@H](COCc2ccccc2)[C@@H](N=C=S)[C@H](OCc2ccccc2)[C@H]1OCc1ccccc1. The summed E-state index contributed by atoms with van der Waals surface area (Å²) in [6.45, 7) is 1.50. The van der Waals surface area contributed by atoms with Crippen LogP contribution in [0.1, 0.15) is 16.7 Å². The van der Waals surface area contributed by atoms with Crippen molar-refractivity contribution in [1.82, 2.24) is 0 Å². The van der Waals surface area contributed by atoms with Gasteiger partial charge in [-0.1, -0.05) is 91.0 Å². The number of aliphatic imine (C=N–C) groups is 1. The van der Waals surface area contributed by atoms with Gasteiger partial charge in [-0.25, -0.2) is 4.99 Å². The summed E-state index contributed by atoms with van der Waals surface area (Å²) in [4.78, 5) is 4.46. The summed E-state index contributed by atoms with van der Waals surface area (Å²) in [6, 6.07) is 29.4. The van der Waals surface area contributed by atoms with E-state index in [4.69, 9.17) is 35.9 Å². The number of thiocarbonyl (C=S) groups is 1. The normalized spacial score (nSPS) is 23.6. The third-order valence-corrected chi connectivity index (χ3v) is 6.12. The van der Waals surface area contributed by atoms with Gasteiger partial charge in [0, 0.05) is 7.11 Å². The minimum Gasteiger partial charge on any atom is -0.374 e. The number of isothiocyanates is 1. The minimum atomic E-state index is -0.670. The molecule has 1 aliphatic rings. The Bertz CT molecular complexity index is 1080. The molecule has 0 radical (unpaired) electrons. The monoisotopic (exact) mass is 505 g/mol. The van der Waals surface area contributed by atoms with Crippen molar-refractivity contribution in [2.75, 3.05) is 13.7 Å². The Labute approximate surface area is 217 Å². The molecular weight excluding hydrogens is 474 g/mol. The van der Waals surface area contributed by atoms with E-state index < -0.39 is 30.6 Å². The van der Waals surface area contributed by atoms with E-state index in [0.29, 0.717) is 19.8 Å². The van der Waals surface area contributed by atoms with Crippen LogP contribution in [0.4, 0.5) is 0 Å². The molecule has 0 spiro atoms. The van der Waals surface area contributed by atoms with E-state index in [-0.39, 0.29) is 6.61 Å². The molecule has 0 aromatic heterocycles. The zero-order chi connectivity index (χ0) is 25.0. The van der Waals surface area contributed by atoms with Gasteiger partial charge < -0.3 is 23.7 Å². The maximum Gasteiger partial charge on any atom is 0.186 e. The first-order valence-corrected chi connectivity index (χ1v) is 12.4. The van der Waals surface area contributed by atoms with E-state index in [0.717, 1.165) is 16.7 Å². The predicted molar refractivity (Wildman–Crippen MR) is 141 cm³/mol. The number of hydrogen-bond acceptors (Lipinski definition) is 7. The molecule has 3 aromatic carbocycles. The molecule has 0 saturated carbocycles. The lowest BCUT2D eigenvalue weighted by Gasteiger charge is -2.43. The summed E-state index contributed by atoms with van der Waals surface area (Å²) in [5.41, 5.74) is 3.16. The van der Waals surface area contributed by atoms with Crippen LogP contribution >= 0.6 is 12.2 Å². The van der Waals surface area contributed by atoms with Crippen molar-refractivity contribution in [2.24, 2.45) is 4.99 Å². The van der Waals surface area contributed by atoms with E-state index in [2.05, 4.69) is 10.2 Å². The van der Waals surface area contributed by atoms with E-state index in [1.54, 1.807) is 7.11 Å². The van der Waals surface area contributed by atoms with Crippen molar-refractivity contribution in [2.45, 2.75) is 50.5 Å². The first kappa shape index (κ1) is 26.3. The first-order chi connectivity index (χ1) is 17.8. The molecule has 3 aromatic rings. The summed E-state index contributed by atoms with van der Waals surface area (Å²) in [7, 11) is 1.60. The third kappa shape index (κ3) is 7.38. The maximum atomic E-state index is 6.44. The van der Waals surface area contributed by atoms with Crippen LogP contribution in [0.2, 0.25) is 0 Å².